The highest BCUT2D eigenvalue weighted by Crippen LogP contribution is 2.12. The van der Waals surface area contributed by atoms with Crippen LogP contribution in [0.5, 0.6) is 0 Å². The Labute approximate surface area is 176 Å². The summed E-state index contributed by atoms with van der Waals surface area (Å²) in [6.07, 6.45) is 19.8. The molecule has 0 saturated carbocycles. The van der Waals surface area contributed by atoms with E-state index in [0.717, 1.165) is 0 Å². The summed E-state index contributed by atoms with van der Waals surface area (Å²) in [5, 5.41) is 0. The Bertz CT molecular complexity index is 387. The van der Waals surface area contributed by atoms with Gasteiger partial charge in [-0.15, -0.1) is 0 Å². The lowest BCUT2D eigenvalue weighted by atomic mass is 10.0. The molecule has 0 saturated heterocycles. The Morgan fingerprint density at radius 3 is 1.48 bits per heavy atom. The molecule has 0 amide bonds. The van der Waals surface area contributed by atoms with Crippen LogP contribution in [0.1, 0.15) is 103 Å². The molecule has 1 aromatic rings. The van der Waals surface area contributed by atoms with E-state index in [4.69, 9.17) is 0 Å². The molecule has 0 unspecified atom stereocenters. The lowest BCUT2D eigenvalue weighted by Crippen LogP contribution is -3.12. The first-order chi connectivity index (χ1) is 12.9. The van der Waals surface area contributed by atoms with Crippen LogP contribution in [0.3, 0.4) is 0 Å². The third kappa shape index (κ3) is 16.2. The molecule has 0 radical (unpaired) electrons. The molecule has 1 N–H and O–H groups in total. The quantitative estimate of drug-likeness (QED) is 0.364. The van der Waals surface area contributed by atoms with Crippen molar-refractivity contribution in [2.45, 2.75) is 104 Å². The molecule has 1 rings (SSSR count). The van der Waals surface area contributed by atoms with Gasteiger partial charge in [0.1, 0.15) is 0 Å². The summed E-state index contributed by atoms with van der Waals surface area (Å²) in [4.78, 5) is 1.84. The first-order valence-electron chi connectivity index (χ1n) is 11.7. The topological polar surface area (TPSA) is 4.44 Å². The maximum atomic E-state index is 2.32. The molecule has 0 atom stereocenters. The van der Waals surface area contributed by atoms with E-state index < -0.39 is 0 Å². The van der Waals surface area contributed by atoms with Crippen molar-refractivity contribution in [1.82, 2.24) is 0 Å². The first kappa shape index (κ1) is 26.5. The molecule has 1 nitrogen and oxygen atoms in total. The summed E-state index contributed by atoms with van der Waals surface area (Å²) in [5.74, 6) is 0. The van der Waals surface area contributed by atoms with Gasteiger partial charge in [0.05, 0.1) is 19.6 Å². The van der Waals surface area contributed by atoms with E-state index in [9.17, 15) is 0 Å². The Morgan fingerprint density at radius 1 is 0.556 bits per heavy atom. The SMILES string of the molecule is CCC[NH+](CCC)CCCCCCCCCCCCCc1ccccc1.[Cl-]. The van der Waals surface area contributed by atoms with Crippen molar-refractivity contribution in [2.75, 3.05) is 19.6 Å². The van der Waals surface area contributed by atoms with Crippen molar-refractivity contribution in [1.29, 1.82) is 0 Å². The summed E-state index contributed by atoms with van der Waals surface area (Å²) < 4.78 is 0. The molecule has 0 fully saturated rings. The maximum absolute atomic E-state index is 2.32. The van der Waals surface area contributed by atoms with Crippen molar-refractivity contribution in [3.05, 3.63) is 35.9 Å². The van der Waals surface area contributed by atoms with E-state index >= 15 is 0 Å². The average Bonchev–Trinajstić information content (AvgIpc) is 2.66. The minimum absolute atomic E-state index is 0. The van der Waals surface area contributed by atoms with Gasteiger partial charge < -0.3 is 17.3 Å². The van der Waals surface area contributed by atoms with Crippen molar-refractivity contribution in [2.24, 2.45) is 0 Å². The molecular formula is C25H46ClN. The van der Waals surface area contributed by atoms with Crippen molar-refractivity contribution in [3.63, 3.8) is 0 Å². The monoisotopic (exact) mass is 395 g/mol. The molecule has 0 spiro atoms. The van der Waals surface area contributed by atoms with Crippen LogP contribution in [0.2, 0.25) is 0 Å². The van der Waals surface area contributed by atoms with Crippen LogP contribution in [0.4, 0.5) is 0 Å². The second-order valence-corrected chi connectivity index (χ2v) is 8.12. The highest BCUT2D eigenvalue weighted by atomic mass is 35.5. The second kappa shape index (κ2) is 20.2. The normalized spacial score (nSPS) is 10.9. The summed E-state index contributed by atoms with van der Waals surface area (Å²) >= 11 is 0. The van der Waals surface area contributed by atoms with Crippen molar-refractivity contribution >= 4 is 0 Å². The number of unbranched alkanes of at least 4 members (excludes halogenated alkanes) is 10. The van der Waals surface area contributed by atoms with E-state index in [2.05, 4.69) is 44.2 Å². The molecular weight excluding hydrogens is 350 g/mol. The predicted octanol–water partition coefficient (Wildman–Crippen LogP) is 3.23. The zero-order chi connectivity index (χ0) is 18.7. The largest absolute Gasteiger partial charge is 1.00 e. The number of quaternary nitrogens is 1. The standard InChI is InChI=1S/C25H45N.ClH/c1-3-22-26(23-4-2)24-18-13-11-9-7-5-6-8-10-12-15-19-25-20-16-14-17-21-25;/h14,16-17,20-21H,3-13,15,18-19,22-24H2,1-2H3;1H. The highest BCUT2D eigenvalue weighted by Gasteiger charge is 2.04. The van der Waals surface area contributed by atoms with E-state index in [1.807, 2.05) is 4.90 Å². The smallest absolute Gasteiger partial charge is 0.0770 e. The zero-order valence-electron chi connectivity index (χ0n) is 18.3. The predicted molar refractivity (Wildman–Crippen MR) is 117 cm³/mol. The molecule has 0 aromatic heterocycles. The first-order valence-corrected chi connectivity index (χ1v) is 11.7. The van der Waals surface area contributed by atoms with Gasteiger partial charge in [-0.2, -0.15) is 0 Å². The number of benzene rings is 1. The molecule has 0 aliphatic rings. The summed E-state index contributed by atoms with van der Waals surface area (Å²) in [6, 6.07) is 10.9. The average molecular weight is 396 g/mol. The lowest BCUT2D eigenvalue weighted by molar-refractivity contribution is -0.900. The number of aryl methyl sites for hydroxylation is 1. The molecule has 0 bridgehead atoms. The van der Waals surface area contributed by atoms with Gasteiger partial charge >= 0.3 is 0 Å². The van der Waals surface area contributed by atoms with Crippen LogP contribution < -0.4 is 17.3 Å². The van der Waals surface area contributed by atoms with E-state index in [0.29, 0.717) is 0 Å². The number of hydrogen-bond acceptors (Lipinski definition) is 0. The van der Waals surface area contributed by atoms with E-state index in [1.54, 1.807) is 0 Å². The summed E-state index contributed by atoms with van der Waals surface area (Å²) in [5.41, 5.74) is 1.50. The fraction of sp³-hybridized carbons (Fsp3) is 0.760. The van der Waals surface area contributed by atoms with Crippen LogP contribution in [-0.2, 0) is 6.42 Å². The summed E-state index contributed by atoms with van der Waals surface area (Å²) in [7, 11) is 0. The number of hydrogen-bond donors (Lipinski definition) is 1. The van der Waals surface area contributed by atoms with Crippen molar-refractivity contribution in [3.8, 4) is 0 Å². The number of rotatable bonds is 18. The minimum Gasteiger partial charge on any atom is -1.00 e. The van der Waals surface area contributed by atoms with Gasteiger partial charge in [0.25, 0.3) is 0 Å². The molecule has 2 heteroatoms. The maximum Gasteiger partial charge on any atom is 0.0770 e. The fourth-order valence-electron chi connectivity index (χ4n) is 4.02. The third-order valence-electron chi connectivity index (χ3n) is 5.55. The molecule has 1 aromatic carbocycles. The minimum atomic E-state index is 0. The van der Waals surface area contributed by atoms with Crippen LogP contribution in [0.15, 0.2) is 30.3 Å². The second-order valence-electron chi connectivity index (χ2n) is 8.12. The van der Waals surface area contributed by atoms with Gasteiger partial charge in [0, 0.05) is 0 Å². The molecule has 0 heterocycles. The van der Waals surface area contributed by atoms with Gasteiger partial charge in [0.2, 0.25) is 0 Å². The van der Waals surface area contributed by atoms with Gasteiger partial charge in [0.15, 0.2) is 0 Å². The lowest BCUT2D eigenvalue weighted by Gasteiger charge is -2.17. The Balaban J connectivity index is 0.00000676. The Hall–Kier alpha value is -0.530. The number of halogens is 1. The van der Waals surface area contributed by atoms with Gasteiger partial charge in [-0.1, -0.05) is 95.5 Å². The Kier molecular flexibility index (Phi) is 19.8. The van der Waals surface area contributed by atoms with Crippen molar-refractivity contribution < 1.29 is 17.3 Å². The highest BCUT2D eigenvalue weighted by molar-refractivity contribution is 5.14. The van der Waals surface area contributed by atoms with E-state index in [1.165, 1.54) is 115 Å². The zero-order valence-corrected chi connectivity index (χ0v) is 19.0. The van der Waals surface area contributed by atoms with E-state index in [-0.39, 0.29) is 12.4 Å². The molecule has 158 valence electrons. The van der Waals surface area contributed by atoms with Gasteiger partial charge in [-0.3, -0.25) is 0 Å². The number of nitrogens with one attached hydrogen (secondary N) is 1. The van der Waals surface area contributed by atoms with Gasteiger partial charge in [-0.05, 0) is 44.1 Å². The summed E-state index contributed by atoms with van der Waals surface area (Å²) in [6.45, 7) is 8.79. The molecule has 27 heavy (non-hydrogen) atoms. The van der Waals surface area contributed by atoms with Crippen LogP contribution in [0, 0.1) is 0 Å². The van der Waals surface area contributed by atoms with Crippen LogP contribution in [0.25, 0.3) is 0 Å². The third-order valence-corrected chi connectivity index (χ3v) is 5.55. The fourth-order valence-corrected chi connectivity index (χ4v) is 4.02. The Morgan fingerprint density at radius 2 is 1.00 bits per heavy atom. The van der Waals surface area contributed by atoms with Crippen LogP contribution in [-0.4, -0.2) is 19.6 Å². The molecule has 0 aliphatic carbocycles. The molecule has 0 aliphatic heterocycles. The van der Waals surface area contributed by atoms with Gasteiger partial charge in [-0.25, -0.2) is 0 Å². The van der Waals surface area contributed by atoms with Crippen LogP contribution >= 0.6 is 0 Å².